The van der Waals surface area contributed by atoms with Gasteiger partial charge in [-0.05, 0) is 33.2 Å². The average molecular weight is 486 g/mol. The minimum Gasteiger partial charge on any atom is -0.388 e. The molecule has 12 N–H and O–H groups in total. The molecule has 0 unspecified atom stereocenters. The van der Waals surface area contributed by atoms with E-state index in [1.807, 2.05) is 0 Å². The van der Waals surface area contributed by atoms with Crippen LogP contribution in [0, 0.1) is 0 Å². The molecule has 2 saturated heterocycles. The molecule has 12 nitrogen and oxygen atoms in total. The minimum absolute atomic E-state index is 0. The van der Waals surface area contributed by atoms with Crippen molar-refractivity contribution in [3.8, 4) is 0 Å². The van der Waals surface area contributed by atoms with E-state index in [0.29, 0.717) is 19.4 Å². The van der Waals surface area contributed by atoms with Gasteiger partial charge in [-0.2, -0.15) is 0 Å². The van der Waals surface area contributed by atoms with Gasteiger partial charge in [-0.15, -0.1) is 12.4 Å². The lowest BCUT2D eigenvalue weighted by Gasteiger charge is -2.48. The molecule has 0 aromatic carbocycles. The Morgan fingerprint density at radius 2 is 1.59 bits per heavy atom. The summed E-state index contributed by atoms with van der Waals surface area (Å²) in [4.78, 5) is 0. The predicted octanol–water partition coefficient (Wildman–Crippen LogP) is -3.55. The fourth-order valence-corrected chi connectivity index (χ4v) is 4.69. The van der Waals surface area contributed by atoms with Crippen molar-refractivity contribution in [1.82, 2.24) is 5.32 Å². The Labute approximate surface area is 194 Å². The van der Waals surface area contributed by atoms with Gasteiger partial charge in [-0.3, -0.25) is 0 Å². The number of aliphatic hydroxyl groups excluding tert-OH is 2. The van der Waals surface area contributed by atoms with E-state index in [-0.39, 0.29) is 31.2 Å². The van der Waals surface area contributed by atoms with E-state index in [0.717, 1.165) is 6.42 Å². The summed E-state index contributed by atoms with van der Waals surface area (Å²) in [6.45, 7) is 1.83. The number of aliphatic hydroxyl groups is 3. The Hall–Kier alpha value is -0.190. The molecule has 0 bridgehead atoms. The average Bonchev–Trinajstić information content (AvgIpc) is 2.71. The number of halogens is 1. The molecule has 1 saturated carbocycles. The van der Waals surface area contributed by atoms with E-state index in [1.165, 1.54) is 0 Å². The van der Waals surface area contributed by atoms with E-state index < -0.39 is 60.7 Å². The molecule has 32 heavy (non-hydrogen) atoms. The fourth-order valence-electron chi connectivity index (χ4n) is 4.69. The molecule has 0 amide bonds. The Kier molecular flexibility index (Phi) is 10.1. The van der Waals surface area contributed by atoms with Gasteiger partial charge in [-0.1, -0.05) is 0 Å². The van der Waals surface area contributed by atoms with Crippen molar-refractivity contribution in [2.45, 2.75) is 99.1 Å². The topological polar surface area (TPSA) is 214 Å². The fraction of sp³-hybridized carbons (Fsp3) is 1.00. The SMILES string of the molecule is CN[C@@H]1[C@H](O)[C@@H](O[C@@H]2[C@H](O)[C@H](O[C@@H]3O[C@H](CN)CC[C@H]3N)[C@@H](N)C[C@H]2N)OC[C@]1(C)O.Cl. The molecule has 0 spiro atoms. The van der Waals surface area contributed by atoms with Gasteiger partial charge in [0.15, 0.2) is 12.6 Å². The van der Waals surface area contributed by atoms with E-state index >= 15 is 0 Å². The van der Waals surface area contributed by atoms with Crippen LogP contribution in [-0.4, -0.2) is 108 Å². The lowest BCUT2D eigenvalue weighted by atomic mass is 9.84. The van der Waals surface area contributed by atoms with Crippen LogP contribution in [0.3, 0.4) is 0 Å². The molecule has 0 aromatic rings. The molecule has 190 valence electrons. The Morgan fingerprint density at radius 3 is 2.16 bits per heavy atom. The van der Waals surface area contributed by atoms with E-state index in [1.54, 1.807) is 14.0 Å². The zero-order chi connectivity index (χ0) is 22.9. The van der Waals surface area contributed by atoms with E-state index in [2.05, 4.69) is 5.32 Å². The number of rotatable bonds is 6. The van der Waals surface area contributed by atoms with Gasteiger partial charge in [0.2, 0.25) is 0 Å². The number of hydrogen-bond acceptors (Lipinski definition) is 12. The minimum atomic E-state index is -1.29. The zero-order valence-corrected chi connectivity index (χ0v) is 19.4. The van der Waals surface area contributed by atoms with Gasteiger partial charge in [0.05, 0.1) is 24.8 Å². The summed E-state index contributed by atoms with van der Waals surface area (Å²) in [7, 11) is 1.62. The number of likely N-dealkylation sites (N-methyl/N-ethyl adjacent to an activating group) is 1. The van der Waals surface area contributed by atoms with Crippen LogP contribution in [0.1, 0.15) is 26.2 Å². The van der Waals surface area contributed by atoms with Crippen LogP contribution in [0.15, 0.2) is 0 Å². The Morgan fingerprint density at radius 1 is 1.00 bits per heavy atom. The number of nitrogens with two attached hydrogens (primary N) is 4. The number of nitrogens with one attached hydrogen (secondary N) is 1. The molecule has 3 rings (SSSR count). The smallest absolute Gasteiger partial charge is 0.185 e. The Bertz CT molecular complexity index is 594. The maximum atomic E-state index is 11.0. The van der Waals surface area contributed by atoms with Crippen LogP contribution in [0.5, 0.6) is 0 Å². The molecule has 13 heteroatoms. The second kappa shape index (κ2) is 11.5. The zero-order valence-electron chi connectivity index (χ0n) is 18.6. The van der Waals surface area contributed by atoms with Crippen LogP contribution in [0.4, 0.5) is 0 Å². The summed E-state index contributed by atoms with van der Waals surface area (Å²) in [6, 6.07) is -2.26. The summed E-state index contributed by atoms with van der Waals surface area (Å²) < 4.78 is 23.3. The maximum absolute atomic E-state index is 11.0. The second-order valence-corrected chi connectivity index (χ2v) is 9.15. The molecule has 0 radical (unpaired) electrons. The first-order chi connectivity index (χ1) is 14.6. The molecular formula is C19H40ClN5O7. The molecule has 2 heterocycles. The van der Waals surface area contributed by atoms with Gasteiger partial charge in [0, 0.05) is 18.6 Å². The molecule has 2 aliphatic heterocycles. The summed E-state index contributed by atoms with van der Waals surface area (Å²) in [5.74, 6) is 0. The number of ether oxygens (including phenoxy) is 4. The Balaban J connectivity index is 0.00000363. The third-order valence-electron chi connectivity index (χ3n) is 6.55. The third-order valence-corrected chi connectivity index (χ3v) is 6.55. The van der Waals surface area contributed by atoms with Crippen LogP contribution in [-0.2, 0) is 18.9 Å². The number of hydrogen-bond donors (Lipinski definition) is 8. The first kappa shape index (κ1) is 28.1. The van der Waals surface area contributed by atoms with E-state index in [4.69, 9.17) is 41.9 Å². The monoisotopic (exact) mass is 485 g/mol. The van der Waals surface area contributed by atoms with Crippen molar-refractivity contribution < 1.29 is 34.3 Å². The molecule has 12 atom stereocenters. The largest absolute Gasteiger partial charge is 0.388 e. The van der Waals surface area contributed by atoms with Crippen LogP contribution >= 0.6 is 12.4 Å². The van der Waals surface area contributed by atoms with Crippen molar-refractivity contribution in [3.63, 3.8) is 0 Å². The van der Waals surface area contributed by atoms with Crippen LogP contribution in [0.2, 0.25) is 0 Å². The lowest BCUT2D eigenvalue weighted by Crippen LogP contribution is -2.68. The van der Waals surface area contributed by atoms with Crippen LogP contribution in [0.25, 0.3) is 0 Å². The first-order valence-corrected chi connectivity index (χ1v) is 10.9. The van der Waals surface area contributed by atoms with Crippen molar-refractivity contribution in [1.29, 1.82) is 0 Å². The van der Waals surface area contributed by atoms with Crippen molar-refractivity contribution >= 4 is 12.4 Å². The summed E-state index contributed by atoms with van der Waals surface area (Å²) in [5, 5.41) is 34.9. The normalized spacial score (nSPS) is 50.0. The van der Waals surface area contributed by atoms with Gasteiger partial charge in [0.25, 0.3) is 0 Å². The summed E-state index contributed by atoms with van der Waals surface area (Å²) >= 11 is 0. The van der Waals surface area contributed by atoms with Gasteiger partial charge in [0.1, 0.15) is 30.0 Å². The van der Waals surface area contributed by atoms with Gasteiger partial charge >= 0.3 is 0 Å². The first-order valence-electron chi connectivity index (χ1n) is 10.9. The highest BCUT2D eigenvalue weighted by atomic mass is 35.5. The third kappa shape index (κ3) is 5.89. The molecule has 3 aliphatic rings. The van der Waals surface area contributed by atoms with Crippen LogP contribution < -0.4 is 28.3 Å². The lowest BCUT2D eigenvalue weighted by molar-refractivity contribution is -0.306. The van der Waals surface area contributed by atoms with Gasteiger partial charge < -0.3 is 62.5 Å². The predicted molar refractivity (Wildman–Crippen MR) is 118 cm³/mol. The molecule has 3 fully saturated rings. The summed E-state index contributed by atoms with van der Waals surface area (Å²) in [6.07, 6.45) is -4.48. The molecule has 0 aromatic heterocycles. The van der Waals surface area contributed by atoms with Gasteiger partial charge in [-0.25, -0.2) is 0 Å². The quantitative estimate of drug-likeness (QED) is 0.183. The highest BCUT2D eigenvalue weighted by molar-refractivity contribution is 5.85. The highest BCUT2D eigenvalue weighted by Crippen LogP contribution is 2.31. The summed E-state index contributed by atoms with van der Waals surface area (Å²) in [5.41, 5.74) is 23.0. The molecular weight excluding hydrogens is 446 g/mol. The second-order valence-electron chi connectivity index (χ2n) is 9.15. The van der Waals surface area contributed by atoms with E-state index in [9.17, 15) is 15.3 Å². The van der Waals surface area contributed by atoms with Crippen molar-refractivity contribution in [2.75, 3.05) is 20.2 Å². The van der Waals surface area contributed by atoms with Crippen molar-refractivity contribution in [3.05, 3.63) is 0 Å². The maximum Gasteiger partial charge on any atom is 0.185 e. The molecule has 1 aliphatic carbocycles. The van der Waals surface area contributed by atoms with Crippen molar-refractivity contribution in [2.24, 2.45) is 22.9 Å². The standard InChI is InChI=1S/C19H39N5O7.ClH/c1-19(27)7-28-18(13(26)16(19)24-2)31-15-11(23)5-10(22)14(12(15)25)30-17-9(21)4-3-8(6-20)29-17;/h8-18,24-27H,3-7,20-23H2,1-2H3;1H/t8-,9+,10-,11+,12+,13-,14+,15-,16+,17-,18+,19-;/m0./s1. The highest BCUT2D eigenvalue weighted by Gasteiger charge is 2.50.